The van der Waals surface area contributed by atoms with Crippen molar-refractivity contribution in [1.82, 2.24) is 19.1 Å². The molecular formula is C25H26N6O. The van der Waals surface area contributed by atoms with E-state index in [4.69, 9.17) is 15.7 Å². The van der Waals surface area contributed by atoms with Gasteiger partial charge < -0.3 is 15.2 Å². The van der Waals surface area contributed by atoms with Crippen LogP contribution in [0, 0.1) is 11.8 Å². The number of pyridine rings is 2. The summed E-state index contributed by atoms with van der Waals surface area (Å²) in [5, 5.41) is 1.08. The van der Waals surface area contributed by atoms with Crippen LogP contribution in [-0.2, 0) is 13.1 Å². The van der Waals surface area contributed by atoms with Gasteiger partial charge in [-0.3, -0.25) is 14.3 Å². The normalized spacial score (nSPS) is 16.3. The number of nitrogens with two attached hydrogens (primary N) is 1. The van der Waals surface area contributed by atoms with Gasteiger partial charge in [-0.25, -0.2) is 4.98 Å². The fourth-order valence-corrected chi connectivity index (χ4v) is 4.40. The molecule has 0 saturated carbocycles. The monoisotopic (exact) mass is 426 g/mol. The summed E-state index contributed by atoms with van der Waals surface area (Å²) < 4.78 is 3.64. The van der Waals surface area contributed by atoms with Crippen molar-refractivity contribution in [2.24, 2.45) is 5.73 Å². The van der Waals surface area contributed by atoms with Crippen LogP contribution in [0.5, 0.6) is 0 Å². The van der Waals surface area contributed by atoms with Crippen LogP contribution >= 0.6 is 0 Å². The van der Waals surface area contributed by atoms with Gasteiger partial charge in [0.2, 0.25) is 5.95 Å². The molecule has 1 aromatic carbocycles. The Labute approximate surface area is 186 Å². The molecule has 2 N–H and O–H groups in total. The number of benzene rings is 1. The van der Waals surface area contributed by atoms with Gasteiger partial charge in [-0.1, -0.05) is 30.2 Å². The van der Waals surface area contributed by atoms with Crippen molar-refractivity contribution >= 4 is 27.9 Å². The fraction of sp³-hybridized carbons (Fsp3) is 0.320. The average Bonchev–Trinajstić information content (AvgIpc) is 3.19. The summed E-state index contributed by atoms with van der Waals surface area (Å²) in [4.78, 5) is 25.2. The molecule has 3 aromatic heterocycles. The molecule has 0 amide bonds. The van der Waals surface area contributed by atoms with E-state index in [1.54, 1.807) is 17.7 Å². The lowest BCUT2D eigenvalue weighted by Gasteiger charge is -2.31. The second-order valence-corrected chi connectivity index (χ2v) is 8.25. The van der Waals surface area contributed by atoms with E-state index in [0.717, 1.165) is 48.5 Å². The van der Waals surface area contributed by atoms with E-state index in [-0.39, 0.29) is 11.6 Å². The highest BCUT2D eigenvalue weighted by atomic mass is 16.1. The molecule has 5 rings (SSSR count). The van der Waals surface area contributed by atoms with E-state index in [9.17, 15) is 4.79 Å². The van der Waals surface area contributed by atoms with Gasteiger partial charge in [-0.05, 0) is 38.0 Å². The number of anilines is 1. The minimum Gasteiger partial charge on any atom is -0.341 e. The molecule has 162 valence electrons. The topological polar surface area (TPSA) is 82.0 Å². The first-order valence-corrected chi connectivity index (χ1v) is 11.0. The summed E-state index contributed by atoms with van der Waals surface area (Å²) >= 11 is 0. The van der Waals surface area contributed by atoms with Crippen LogP contribution in [-0.4, -0.2) is 38.2 Å². The predicted molar refractivity (Wildman–Crippen MR) is 128 cm³/mol. The Morgan fingerprint density at radius 3 is 2.84 bits per heavy atom. The molecule has 1 unspecified atom stereocenters. The van der Waals surface area contributed by atoms with Gasteiger partial charge in [-0.15, -0.1) is 5.92 Å². The van der Waals surface area contributed by atoms with Gasteiger partial charge in [0, 0.05) is 30.7 Å². The highest BCUT2D eigenvalue weighted by Crippen LogP contribution is 2.23. The molecule has 0 radical (unpaired) electrons. The first-order valence-electron chi connectivity index (χ1n) is 11.0. The Balaban J connectivity index is 1.58. The third-order valence-corrected chi connectivity index (χ3v) is 5.99. The number of nitrogens with zero attached hydrogens (tertiary/aromatic N) is 5. The van der Waals surface area contributed by atoms with Crippen LogP contribution in [0.15, 0.2) is 53.5 Å². The Morgan fingerprint density at radius 1 is 1.12 bits per heavy atom. The van der Waals surface area contributed by atoms with Crippen LogP contribution in [0.1, 0.15) is 25.5 Å². The first kappa shape index (κ1) is 20.3. The van der Waals surface area contributed by atoms with Gasteiger partial charge >= 0.3 is 0 Å². The molecule has 1 aliphatic rings. The lowest BCUT2D eigenvalue weighted by molar-refractivity contribution is 0.496. The zero-order valence-corrected chi connectivity index (χ0v) is 18.2. The third kappa shape index (κ3) is 3.74. The highest BCUT2D eigenvalue weighted by Gasteiger charge is 2.24. The average molecular weight is 427 g/mol. The molecule has 1 saturated heterocycles. The molecule has 0 aliphatic carbocycles. The number of hydrogen-bond acceptors (Lipinski definition) is 5. The third-order valence-electron chi connectivity index (χ3n) is 5.99. The molecule has 1 aliphatic heterocycles. The summed E-state index contributed by atoms with van der Waals surface area (Å²) in [6.45, 7) is 4.23. The van der Waals surface area contributed by atoms with E-state index in [0.29, 0.717) is 24.1 Å². The van der Waals surface area contributed by atoms with E-state index < -0.39 is 0 Å². The molecule has 32 heavy (non-hydrogen) atoms. The highest BCUT2D eigenvalue weighted by molar-refractivity contribution is 5.79. The second-order valence-electron chi connectivity index (χ2n) is 8.25. The fourth-order valence-electron chi connectivity index (χ4n) is 4.40. The van der Waals surface area contributed by atoms with Crippen molar-refractivity contribution < 1.29 is 0 Å². The Hall–Kier alpha value is -3.63. The second kappa shape index (κ2) is 8.48. The zero-order chi connectivity index (χ0) is 22.1. The number of aromatic nitrogens is 4. The maximum Gasteiger partial charge on any atom is 0.277 e. The molecular weight excluding hydrogens is 400 g/mol. The SMILES string of the molecule is CC#CCn1c(N2CCCC(N)C2)nc2ccn(Cc3ccc4ccccc4n3)c(=O)c21. The first-order chi connectivity index (χ1) is 15.6. The minimum atomic E-state index is -0.0876. The number of fused-ring (bicyclic) bond motifs is 2. The summed E-state index contributed by atoms with van der Waals surface area (Å²) in [5.74, 6) is 6.82. The Kier molecular flexibility index (Phi) is 5.38. The van der Waals surface area contributed by atoms with E-state index in [2.05, 4.69) is 16.7 Å². The Morgan fingerprint density at radius 2 is 2.00 bits per heavy atom. The van der Waals surface area contributed by atoms with Gasteiger partial charge in [0.15, 0.2) is 0 Å². The van der Waals surface area contributed by atoms with E-state index in [1.165, 1.54) is 0 Å². The molecule has 7 nitrogen and oxygen atoms in total. The molecule has 1 fully saturated rings. The van der Waals surface area contributed by atoms with E-state index >= 15 is 0 Å². The molecule has 7 heteroatoms. The van der Waals surface area contributed by atoms with Gasteiger partial charge in [-0.2, -0.15) is 0 Å². The summed E-state index contributed by atoms with van der Waals surface area (Å²) in [6.07, 6.45) is 3.83. The lowest BCUT2D eigenvalue weighted by atomic mass is 10.1. The summed E-state index contributed by atoms with van der Waals surface area (Å²) in [5.41, 5.74) is 9.14. The number of rotatable bonds is 4. The van der Waals surface area contributed by atoms with Crippen LogP contribution in [0.25, 0.3) is 21.9 Å². The number of para-hydroxylation sites is 1. The number of hydrogen-bond donors (Lipinski definition) is 1. The maximum absolute atomic E-state index is 13.5. The summed E-state index contributed by atoms with van der Waals surface area (Å²) in [7, 11) is 0. The summed E-state index contributed by atoms with van der Waals surface area (Å²) in [6, 6.07) is 14.0. The number of piperidine rings is 1. The lowest BCUT2D eigenvalue weighted by Crippen LogP contribution is -2.44. The van der Waals surface area contributed by atoms with E-state index in [1.807, 2.05) is 47.0 Å². The van der Waals surface area contributed by atoms with Crippen molar-refractivity contribution in [3.8, 4) is 11.8 Å². The van der Waals surface area contributed by atoms with Gasteiger partial charge in [0.05, 0.1) is 29.8 Å². The zero-order valence-electron chi connectivity index (χ0n) is 18.2. The van der Waals surface area contributed by atoms with Gasteiger partial charge in [0.25, 0.3) is 5.56 Å². The van der Waals surface area contributed by atoms with Crippen molar-refractivity contribution in [3.63, 3.8) is 0 Å². The molecule has 0 bridgehead atoms. The van der Waals surface area contributed by atoms with Crippen molar-refractivity contribution in [2.45, 2.75) is 38.9 Å². The predicted octanol–water partition coefficient (Wildman–Crippen LogP) is 2.75. The van der Waals surface area contributed by atoms with Crippen molar-refractivity contribution in [3.05, 3.63) is 64.7 Å². The van der Waals surface area contributed by atoms with Gasteiger partial charge in [0.1, 0.15) is 5.52 Å². The van der Waals surface area contributed by atoms with Crippen LogP contribution < -0.4 is 16.2 Å². The molecule has 1 atom stereocenters. The maximum atomic E-state index is 13.5. The quantitative estimate of drug-likeness (QED) is 0.508. The number of imidazole rings is 1. The largest absolute Gasteiger partial charge is 0.341 e. The van der Waals surface area contributed by atoms with Crippen LogP contribution in [0.3, 0.4) is 0 Å². The molecule has 0 spiro atoms. The Bertz CT molecular complexity index is 1410. The minimum absolute atomic E-state index is 0.0876. The molecule has 4 heterocycles. The molecule has 4 aromatic rings. The van der Waals surface area contributed by atoms with Crippen LogP contribution in [0.4, 0.5) is 5.95 Å². The van der Waals surface area contributed by atoms with Crippen molar-refractivity contribution in [2.75, 3.05) is 18.0 Å². The van der Waals surface area contributed by atoms with Crippen molar-refractivity contribution in [1.29, 1.82) is 0 Å². The standard InChI is InChI=1S/C25H26N6O/c1-2-3-14-31-23-22(28-25(31)30-13-6-8-19(26)16-30)12-15-29(24(23)32)17-20-11-10-18-7-4-5-9-21(18)27-20/h4-5,7,9-12,15,19H,6,8,13-14,16-17,26H2,1H3. The smallest absolute Gasteiger partial charge is 0.277 e. The van der Waals surface area contributed by atoms with Crippen LogP contribution in [0.2, 0.25) is 0 Å².